The predicted octanol–water partition coefficient (Wildman–Crippen LogP) is 2.86. The van der Waals surface area contributed by atoms with Crippen LogP contribution in [0.1, 0.15) is 23.1 Å². The molecule has 0 spiro atoms. The summed E-state index contributed by atoms with van der Waals surface area (Å²) < 4.78 is 12.8. The highest BCUT2D eigenvalue weighted by atomic mass is 16.3. The second kappa shape index (κ2) is 5.60. The van der Waals surface area contributed by atoms with Crippen molar-refractivity contribution in [2.75, 3.05) is 11.9 Å². The number of aromatic nitrogens is 4. The number of anilines is 1. The van der Waals surface area contributed by atoms with Crippen LogP contribution >= 0.6 is 0 Å². The Hall–Kier alpha value is -3.09. The molecule has 0 saturated heterocycles. The van der Waals surface area contributed by atoms with Crippen LogP contribution in [-0.2, 0) is 0 Å². The molecule has 0 unspecified atom stereocenters. The topological polar surface area (TPSA) is 81.4 Å². The number of fused-ring (bicyclic) bond motifs is 1. The number of furan rings is 2. The molecular formula is C16H15N5O2. The third kappa shape index (κ3) is 2.57. The molecule has 0 aromatic carbocycles. The quantitative estimate of drug-likeness (QED) is 0.610. The molecule has 0 aliphatic rings. The summed E-state index contributed by atoms with van der Waals surface area (Å²) in [5, 5.41) is 7.59. The van der Waals surface area contributed by atoms with Crippen LogP contribution in [-0.4, -0.2) is 26.1 Å². The number of nitrogens with zero attached hydrogens (tertiary/aromatic N) is 4. The van der Waals surface area contributed by atoms with E-state index in [2.05, 4.69) is 20.4 Å². The highest BCUT2D eigenvalue weighted by Gasteiger charge is 2.20. The van der Waals surface area contributed by atoms with E-state index in [1.54, 1.807) is 17.0 Å². The highest BCUT2D eigenvalue weighted by molar-refractivity contribution is 5.45. The van der Waals surface area contributed by atoms with E-state index in [0.717, 1.165) is 23.0 Å². The van der Waals surface area contributed by atoms with Crippen LogP contribution in [0.3, 0.4) is 0 Å². The van der Waals surface area contributed by atoms with Gasteiger partial charge in [0.1, 0.15) is 23.7 Å². The van der Waals surface area contributed by atoms with E-state index in [-0.39, 0.29) is 5.92 Å². The number of aryl methyl sites for hydroxylation is 1. The minimum absolute atomic E-state index is 0.0351. The first-order valence-electron chi connectivity index (χ1n) is 7.29. The van der Waals surface area contributed by atoms with E-state index in [1.807, 2.05) is 37.3 Å². The second-order valence-corrected chi connectivity index (χ2v) is 5.22. The summed E-state index contributed by atoms with van der Waals surface area (Å²) in [5.41, 5.74) is 0.876. The maximum absolute atomic E-state index is 5.56. The van der Waals surface area contributed by atoms with Gasteiger partial charge in [0, 0.05) is 18.3 Å². The lowest BCUT2D eigenvalue weighted by Gasteiger charge is -2.15. The van der Waals surface area contributed by atoms with E-state index in [1.165, 1.54) is 6.33 Å². The normalized spacial score (nSPS) is 11.4. The van der Waals surface area contributed by atoms with Gasteiger partial charge in [-0.15, -0.1) is 0 Å². The third-order valence-electron chi connectivity index (χ3n) is 3.64. The van der Waals surface area contributed by atoms with Crippen molar-refractivity contribution < 1.29 is 8.83 Å². The van der Waals surface area contributed by atoms with Crippen molar-refractivity contribution in [3.8, 4) is 0 Å². The fourth-order valence-corrected chi connectivity index (χ4v) is 2.58. The van der Waals surface area contributed by atoms with Crippen LogP contribution in [0.15, 0.2) is 58.0 Å². The van der Waals surface area contributed by atoms with Crippen LogP contribution in [0.2, 0.25) is 0 Å². The molecule has 4 aromatic rings. The fraction of sp³-hybridized carbons (Fsp3) is 0.188. The fourth-order valence-electron chi connectivity index (χ4n) is 2.58. The third-order valence-corrected chi connectivity index (χ3v) is 3.64. The minimum atomic E-state index is -0.0351. The van der Waals surface area contributed by atoms with Gasteiger partial charge < -0.3 is 14.2 Å². The van der Waals surface area contributed by atoms with Gasteiger partial charge in [0.15, 0.2) is 0 Å². The number of hydrogen-bond acceptors (Lipinski definition) is 6. The molecule has 0 radical (unpaired) electrons. The van der Waals surface area contributed by atoms with Gasteiger partial charge in [-0.3, -0.25) is 0 Å². The molecule has 0 aliphatic heterocycles. The van der Waals surface area contributed by atoms with Crippen molar-refractivity contribution >= 4 is 11.6 Å². The average Bonchev–Trinajstić information content (AvgIpc) is 3.29. The molecule has 0 atom stereocenters. The molecule has 4 rings (SSSR count). The molecule has 4 heterocycles. The van der Waals surface area contributed by atoms with E-state index in [4.69, 9.17) is 8.83 Å². The molecule has 7 nitrogen and oxygen atoms in total. The molecule has 0 amide bonds. The van der Waals surface area contributed by atoms with Gasteiger partial charge in [-0.1, -0.05) is 0 Å². The Morgan fingerprint density at radius 3 is 2.57 bits per heavy atom. The molecule has 0 fully saturated rings. The standard InChI is InChI=1S/C16H15N5O2/c1-11-8-15(21-16(20-11)18-10-19-21)17-9-12(13-4-2-6-22-13)14-5-3-7-23-14/h2-8,10,12,17H,9H2,1H3. The molecule has 0 bridgehead atoms. The van der Waals surface area contributed by atoms with Crippen molar-refractivity contribution in [2.24, 2.45) is 0 Å². The zero-order chi connectivity index (χ0) is 15.6. The first-order valence-corrected chi connectivity index (χ1v) is 7.29. The van der Waals surface area contributed by atoms with E-state index in [0.29, 0.717) is 12.3 Å². The Morgan fingerprint density at radius 1 is 1.17 bits per heavy atom. The summed E-state index contributed by atoms with van der Waals surface area (Å²) >= 11 is 0. The van der Waals surface area contributed by atoms with Crippen LogP contribution in [0.25, 0.3) is 5.78 Å². The molecular weight excluding hydrogens is 294 g/mol. The number of nitrogens with one attached hydrogen (secondary N) is 1. The molecule has 116 valence electrons. The minimum Gasteiger partial charge on any atom is -0.469 e. The summed E-state index contributed by atoms with van der Waals surface area (Å²) in [5.74, 6) is 3.04. The molecule has 0 saturated carbocycles. The summed E-state index contributed by atoms with van der Waals surface area (Å²) in [4.78, 5) is 8.47. The van der Waals surface area contributed by atoms with Gasteiger partial charge >= 0.3 is 0 Å². The SMILES string of the molecule is Cc1cc(NCC(c2ccco2)c2ccco2)n2ncnc2n1. The van der Waals surface area contributed by atoms with Crippen molar-refractivity contribution in [1.29, 1.82) is 0 Å². The second-order valence-electron chi connectivity index (χ2n) is 5.22. The van der Waals surface area contributed by atoms with Gasteiger partial charge in [0.2, 0.25) is 0 Å². The zero-order valence-electron chi connectivity index (χ0n) is 12.5. The van der Waals surface area contributed by atoms with Crippen LogP contribution in [0, 0.1) is 6.92 Å². The molecule has 23 heavy (non-hydrogen) atoms. The maximum Gasteiger partial charge on any atom is 0.254 e. The van der Waals surface area contributed by atoms with Gasteiger partial charge in [-0.25, -0.2) is 4.98 Å². The number of rotatable bonds is 5. The van der Waals surface area contributed by atoms with E-state index >= 15 is 0 Å². The largest absolute Gasteiger partial charge is 0.469 e. The smallest absolute Gasteiger partial charge is 0.254 e. The van der Waals surface area contributed by atoms with Crippen LogP contribution in [0.5, 0.6) is 0 Å². The predicted molar refractivity (Wildman–Crippen MR) is 83.3 cm³/mol. The highest BCUT2D eigenvalue weighted by Crippen LogP contribution is 2.26. The van der Waals surface area contributed by atoms with E-state index in [9.17, 15) is 0 Å². The first kappa shape index (κ1) is 13.6. The van der Waals surface area contributed by atoms with Crippen LogP contribution in [0.4, 0.5) is 5.82 Å². The first-order chi connectivity index (χ1) is 11.3. The molecule has 4 aromatic heterocycles. The van der Waals surface area contributed by atoms with Crippen molar-refractivity contribution in [2.45, 2.75) is 12.8 Å². The monoisotopic (exact) mass is 309 g/mol. The average molecular weight is 309 g/mol. The summed E-state index contributed by atoms with van der Waals surface area (Å²) in [6.45, 7) is 2.52. The Bertz CT molecular complexity index is 862. The lowest BCUT2D eigenvalue weighted by Crippen LogP contribution is -2.15. The Kier molecular flexibility index (Phi) is 3.30. The molecule has 0 aliphatic carbocycles. The number of hydrogen-bond donors (Lipinski definition) is 1. The maximum atomic E-state index is 5.56. The van der Waals surface area contributed by atoms with Crippen molar-refractivity contribution in [1.82, 2.24) is 19.6 Å². The summed E-state index contributed by atoms with van der Waals surface area (Å²) in [6, 6.07) is 9.56. The molecule has 7 heteroatoms. The van der Waals surface area contributed by atoms with Crippen LogP contribution < -0.4 is 5.32 Å². The van der Waals surface area contributed by atoms with Gasteiger partial charge in [0.25, 0.3) is 5.78 Å². The Morgan fingerprint density at radius 2 is 1.91 bits per heavy atom. The zero-order valence-corrected chi connectivity index (χ0v) is 12.5. The molecule has 1 N–H and O–H groups in total. The lowest BCUT2D eigenvalue weighted by molar-refractivity contribution is 0.433. The lowest BCUT2D eigenvalue weighted by atomic mass is 10.0. The van der Waals surface area contributed by atoms with Gasteiger partial charge in [-0.05, 0) is 31.2 Å². The van der Waals surface area contributed by atoms with E-state index < -0.39 is 0 Å². The van der Waals surface area contributed by atoms with Crippen molar-refractivity contribution in [3.63, 3.8) is 0 Å². The van der Waals surface area contributed by atoms with Crippen molar-refractivity contribution in [3.05, 3.63) is 66.4 Å². The Balaban J connectivity index is 1.64. The Labute approximate surface area is 132 Å². The van der Waals surface area contributed by atoms with Gasteiger partial charge in [-0.2, -0.15) is 14.6 Å². The summed E-state index contributed by atoms with van der Waals surface area (Å²) in [6.07, 6.45) is 4.82. The summed E-state index contributed by atoms with van der Waals surface area (Å²) in [7, 11) is 0. The van der Waals surface area contributed by atoms with Gasteiger partial charge in [0.05, 0.1) is 18.4 Å².